The molecule has 0 unspecified atom stereocenters. The van der Waals surface area contributed by atoms with Crippen LogP contribution in [0.5, 0.6) is 0 Å². The summed E-state index contributed by atoms with van der Waals surface area (Å²) in [6.07, 6.45) is 6.33. The topological polar surface area (TPSA) is 55.2 Å². The van der Waals surface area contributed by atoms with Crippen molar-refractivity contribution in [1.82, 2.24) is 9.55 Å². The van der Waals surface area contributed by atoms with Gasteiger partial charge in [-0.15, -0.1) is 0 Å². The van der Waals surface area contributed by atoms with Gasteiger partial charge in [-0.2, -0.15) is 0 Å². The number of carbonyl (C=O) groups excluding carboxylic acids is 1. The molecule has 1 heterocycles. The number of hydrogen-bond donors (Lipinski definition) is 0. The molecule has 6 heteroatoms. The van der Waals surface area contributed by atoms with E-state index in [9.17, 15) is 9.59 Å². The summed E-state index contributed by atoms with van der Waals surface area (Å²) in [5.41, 5.74) is 6.45. The Balaban J connectivity index is 1.35. The molecule has 0 saturated heterocycles. The van der Waals surface area contributed by atoms with Crippen LogP contribution in [0.4, 0.5) is 11.4 Å². The first-order chi connectivity index (χ1) is 22.0. The average molecular weight is 612 g/mol. The highest BCUT2D eigenvalue weighted by Gasteiger charge is 2.43. The standard InChI is InChI=1S/C39H37N3O2S/c1-28(36(43)42(31-19-8-3-9-20-31)32-21-10-4-11-22-32)45-38-40-35-33-23-13-12-18-30(33)26-39(24-14-5-15-25-39)34(35)37(44)41(38)27-29-16-6-2-7-17-29/h2-4,6-13,16-23,28H,5,14-15,24-27H2,1H3/t28-/m1/s1. The molecule has 45 heavy (non-hydrogen) atoms. The highest BCUT2D eigenvalue weighted by atomic mass is 32.2. The third-order valence-electron chi connectivity index (χ3n) is 9.34. The molecule has 0 N–H and O–H groups in total. The van der Waals surface area contributed by atoms with Crippen molar-refractivity contribution >= 4 is 29.0 Å². The molecule has 1 amide bonds. The van der Waals surface area contributed by atoms with Crippen LogP contribution in [0.25, 0.3) is 11.3 Å². The summed E-state index contributed by atoms with van der Waals surface area (Å²) >= 11 is 1.37. The maximum Gasteiger partial charge on any atom is 0.258 e. The highest BCUT2D eigenvalue weighted by molar-refractivity contribution is 8.00. The lowest BCUT2D eigenvalue weighted by molar-refractivity contribution is -0.117. The molecule has 1 atom stereocenters. The van der Waals surface area contributed by atoms with Gasteiger partial charge in [0.1, 0.15) is 0 Å². The predicted octanol–water partition coefficient (Wildman–Crippen LogP) is 8.56. The molecular weight excluding hydrogens is 575 g/mol. The molecule has 5 aromatic rings. The summed E-state index contributed by atoms with van der Waals surface area (Å²) in [6.45, 7) is 2.32. The second kappa shape index (κ2) is 12.5. The van der Waals surface area contributed by atoms with Gasteiger partial charge in [0.2, 0.25) is 5.91 Å². The smallest absolute Gasteiger partial charge is 0.258 e. The molecule has 1 spiro atoms. The lowest BCUT2D eigenvalue weighted by Crippen LogP contribution is -2.43. The summed E-state index contributed by atoms with van der Waals surface area (Å²) in [7, 11) is 0. The zero-order valence-electron chi connectivity index (χ0n) is 25.6. The summed E-state index contributed by atoms with van der Waals surface area (Å²) in [5, 5.41) is 0.0621. The van der Waals surface area contributed by atoms with Gasteiger partial charge in [-0.1, -0.05) is 122 Å². The van der Waals surface area contributed by atoms with E-state index in [1.165, 1.54) is 23.7 Å². The molecule has 2 aliphatic carbocycles. The minimum Gasteiger partial charge on any atom is -0.283 e. The van der Waals surface area contributed by atoms with E-state index in [2.05, 4.69) is 18.2 Å². The fourth-order valence-electron chi connectivity index (χ4n) is 7.17. The van der Waals surface area contributed by atoms with Crippen molar-refractivity contribution in [2.45, 2.75) is 67.8 Å². The maximum atomic E-state index is 14.9. The molecule has 0 aliphatic heterocycles. The van der Waals surface area contributed by atoms with Gasteiger partial charge in [-0.3, -0.25) is 19.1 Å². The fraction of sp³-hybridized carbons (Fsp3) is 0.256. The Hall–Kier alpha value is -4.42. The van der Waals surface area contributed by atoms with Crippen molar-refractivity contribution < 1.29 is 4.79 Å². The van der Waals surface area contributed by atoms with Crippen LogP contribution in [-0.2, 0) is 23.2 Å². The molecular formula is C39H37N3O2S. The van der Waals surface area contributed by atoms with E-state index in [1.807, 2.05) is 109 Å². The van der Waals surface area contributed by atoms with E-state index in [1.54, 1.807) is 4.90 Å². The zero-order chi connectivity index (χ0) is 30.8. The van der Waals surface area contributed by atoms with Gasteiger partial charge < -0.3 is 0 Å². The molecule has 1 fully saturated rings. The minimum absolute atomic E-state index is 0.0328. The van der Waals surface area contributed by atoms with Crippen LogP contribution in [-0.4, -0.2) is 20.7 Å². The molecule has 7 rings (SSSR count). The Bertz CT molecular complexity index is 1830. The van der Waals surface area contributed by atoms with E-state index in [0.29, 0.717) is 11.7 Å². The van der Waals surface area contributed by atoms with Gasteiger partial charge in [0, 0.05) is 22.4 Å². The zero-order valence-corrected chi connectivity index (χ0v) is 26.4. The molecule has 1 saturated carbocycles. The average Bonchev–Trinajstić information content (AvgIpc) is 3.08. The van der Waals surface area contributed by atoms with E-state index < -0.39 is 5.25 Å². The van der Waals surface area contributed by atoms with Crippen LogP contribution >= 0.6 is 11.8 Å². The normalized spacial score (nSPS) is 15.6. The molecule has 4 aromatic carbocycles. The molecule has 0 radical (unpaired) electrons. The highest BCUT2D eigenvalue weighted by Crippen LogP contribution is 2.49. The predicted molar refractivity (Wildman–Crippen MR) is 183 cm³/mol. The molecule has 0 bridgehead atoms. The number of amides is 1. The number of thioether (sulfide) groups is 1. The summed E-state index contributed by atoms with van der Waals surface area (Å²) in [4.78, 5) is 36.3. The number of benzene rings is 4. The van der Waals surface area contributed by atoms with E-state index in [0.717, 1.165) is 65.9 Å². The van der Waals surface area contributed by atoms with Crippen molar-refractivity contribution in [3.63, 3.8) is 0 Å². The Morgan fingerprint density at radius 3 is 2.04 bits per heavy atom. The number of rotatable bonds is 7. The van der Waals surface area contributed by atoms with E-state index >= 15 is 0 Å². The van der Waals surface area contributed by atoms with Gasteiger partial charge in [-0.25, -0.2) is 4.98 Å². The summed E-state index contributed by atoms with van der Waals surface area (Å²) < 4.78 is 1.84. The number of anilines is 2. The van der Waals surface area contributed by atoms with Crippen LogP contribution in [0, 0.1) is 0 Å². The Kier molecular flexibility index (Phi) is 8.16. The number of para-hydroxylation sites is 2. The number of carbonyl (C=O) groups is 1. The van der Waals surface area contributed by atoms with Crippen LogP contribution in [0.15, 0.2) is 125 Å². The quantitative estimate of drug-likeness (QED) is 0.137. The number of hydrogen-bond acceptors (Lipinski definition) is 4. The van der Waals surface area contributed by atoms with Crippen LogP contribution in [0.2, 0.25) is 0 Å². The largest absolute Gasteiger partial charge is 0.283 e. The van der Waals surface area contributed by atoms with Crippen LogP contribution < -0.4 is 10.5 Å². The number of fused-ring (bicyclic) bond motifs is 4. The maximum absolute atomic E-state index is 14.9. The second-order valence-electron chi connectivity index (χ2n) is 12.3. The Labute approximate surface area is 269 Å². The third-order valence-corrected chi connectivity index (χ3v) is 10.4. The van der Waals surface area contributed by atoms with Crippen LogP contribution in [0.1, 0.15) is 55.7 Å². The van der Waals surface area contributed by atoms with Gasteiger partial charge >= 0.3 is 0 Å². The molecule has 2 aliphatic rings. The van der Waals surface area contributed by atoms with Gasteiger partial charge in [-0.05, 0) is 61.6 Å². The van der Waals surface area contributed by atoms with Gasteiger partial charge in [0.15, 0.2) is 5.16 Å². The third kappa shape index (κ3) is 5.64. The van der Waals surface area contributed by atoms with Crippen molar-refractivity contribution in [2.75, 3.05) is 4.90 Å². The first-order valence-corrected chi connectivity index (χ1v) is 16.8. The monoisotopic (exact) mass is 611 g/mol. The van der Waals surface area contributed by atoms with Crippen molar-refractivity contribution in [1.29, 1.82) is 0 Å². The van der Waals surface area contributed by atoms with E-state index in [-0.39, 0.29) is 16.9 Å². The lowest BCUT2D eigenvalue weighted by atomic mass is 9.62. The Morgan fingerprint density at radius 2 is 1.40 bits per heavy atom. The van der Waals surface area contributed by atoms with Gasteiger partial charge in [0.25, 0.3) is 5.56 Å². The summed E-state index contributed by atoms with van der Waals surface area (Å²) in [6, 6.07) is 38.0. The number of aromatic nitrogens is 2. The SMILES string of the molecule is C[C@@H](Sc1nc2c(c(=O)n1Cc1ccccc1)C1(CCCCC1)Cc1ccccc1-2)C(=O)N(c1ccccc1)c1ccccc1. The lowest BCUT2D eigenvalue weighted by Gasteiger charge is -2.42. The summed E-state index contributed by atoms with van der Waals surface area (Å²) in [5.74, 6) is -0.0696. The van der Waals surface area contributed by atoms with Gasteiger partial charge in [0.05, 0.1) is 23.1 Å². The van der Waals surface area contributed by atoms with Crippen LogP contribution in [0.3, 0.4) is 0 Å². The molecule has 226 valence electrons. The first kappa shape index (κ1) is 29.3. The Morgan fingerprint density at radius 1 is 0.822 bits per heavy atom. The number of nitrogens with zero attached hydrogens (tertiary/aromatic N) is 3. The molecule has 5 nitrogen and oxygen atoms in total. The first-order valence-electron chi connectivity index (χ1n) is 15.9. The fourth-order valence-corrected chi connectivity index (χ4v) is 8.11. The van der Waals surface area contributed by atoms with Crippen molar-refractivity contribution in [2.24, 2.45) is 0 Å². The van der Waals surface area contributed by atoms with Crippen molar-refractivity contribution in [3.8, 4) is 11.3 Å². The second-order valence-corrected chi connectivity index (χ2v) is 13.6. The van der Waals surface area contributed by atoms with E-state index in [4.69, 9.17) is 4.98 Å². The van der Waals surface area contributed by atoms with Crippen molar-refractivity contribution in [3.05, 3.63) is 142 Å². The minimum atomic E-state index is -0.514. The molecule has 1 aromatic heterocycles.